The molecular weight excluding hydrogens is 489 g/mol. The lowest BCUT2D eigenvalue weighted by Crippen LogP contribution is -2.35. The van der Waals surface area contributed by atoms with E-state index in [1.165, 1.54) is 32.1 Å². The summed E-state index contributed by atoms with van der Waals surface area (Å²) in [4.78, 5) is 27.2. The molecule has 4 rings (SSSR count). The van der Waals surface area contributed by atoms with Crippen molar-refractivity contribution in [3.05, 3.63) is 94.8 Å². The molecule has 37 heavy (non-hydrogen) atoms. The van der Waals surface area contributed by atoms with Crippen molar-refractivity contribution in [1.29, 1.82) is 0 Å². The van der Waals surface area contributed by atoms with Crippen LogP contribution < -0.4 is 4.90 Å². The van der Waals surface area contributed by atoms with Gasteiger partial charge in [0.05, 0.1) is 18.7 Å². The molecule has 3 aromatic carbocycles. The maximum Gasteiger partial charge on any atom is 0.330 e. The fourth-order valence-electron chi connectivity index (χ4n) is 4.73. The molecule has 3 aromatic rings. The van der Waals surface area contributed by atoms with Crippen LogP contribution in [0.1, 0.15) is 49.7 Å². The quantitative estimate of drug-likeness (QED) is 0.181. The van der Waals surface area contributed by atoms with E-state index in [4.69, 9.17) is 16.3 Å². The summed E-state index contributed by atoms with van der Waals surface area (Å²) in [5.74, 6) is -0.750. The van der Waals surface area contributed by atoms with Crippen LogP contribution in [-0.2, 0) is 20.9 Å². The maximum absolute atomic E-state index is 13.8. The van der Waals surface area contributed by atoms with E-state index in [-0.39, 0.29) is 16.8 Å². The molecule has 1 aliphatic carbocycles. The lowest BCUT2D eigenvalue weighted by atomic mass is 9.97. The van der Waals surface area contributed by atoms with E-state index in [1.807, 2.05) is 53.4 Å². The number of amides is 1. The van der Waals surface area contributed by atoms with Gasteiger partial charge in [0, 0.05) is 17.7 Å². The normalized spacial score (nSPS) is 14.4. The minimum Gasteiger partial charge on any atom is -0.466 e. The van der Waals surface area contributed by atoms with Gasteiger partial charge in [0.15, 0.2) is 0 Å². The summed E-state index contributed by atoms with van der Waals surface area (Å²) in [5, 5.41) is 0.0860. The molecule has 0 N–H and O–H groups in total. The first-order valence-electron chi connectivity index (χ1n) is 12.7. The highest BCUT2D eigenvalue weighted by atomic mass is 35.5. The van der Waals surface area contributed by atoms with Crippen LogP contribution >= 0.6 is 11.6 Å². The topological polar surface area (TPSA) is 46.6 Å². The SMILES string of the molecule is COC(=O)/C=C/c1cccc(N(Cc2ccc(-c3ccc(F)c(Cl)c3)cc2)C(=O)C2CCCCCC2)c1. The Morgan fingerprint density at radius 3 is 2.35 bits per heavy atom. The third-order valence-electron chi connectivity index (χ3n) is 6.81. The molecule has 0 radical (unpaired) electrons. The molecule has 0 unspecified atom stereocenters. The largest absolute Gasteiger partial charge is 0.466 e. The number of carbonyl (C=O) groups excluding carboxylic acids is 2. The van der Waals surface area contributed by atoms with E-state index in [0.29, 0.717) is 6.54 Å². The zero-order valence-corrected chi connectivity index (χ0v) is 21.7. The van der Waals surface area contributed by atoms with E-state index in [0.717, 1.165) is 53.6 Å². The third kappa shape index (κ3) is 7.07. The number of ether oxygens (including phenoxy) is 1. The fourth-order valence-corrected chi connectivity index (χ4v) is 4.91. The average Bonchev–Trinajstić information content (AvgIpc) is 3.22. The lowest BCUT2D eigenvalue weighted by Gasteiger charge is -2.28. The first kappa shape index (κ1) is 26.6. The zero-order chi connectivity index (χ0) is 26.2. The highest BCUT2D eigenvalue weighted by Crippen LogP contribution is 2.30. The van der Waals surface area contributed by atoms with Crippen molar-refractivity contribution >= 4 is 35.2 Å². The van der Waals surface area contributed by atoms with Crippen molar-refractivity contribution in [2.45, 2.75) is 45.1 Å². The van der Waals surface area contributed by atoms with Crippen LogP contribution in [0, 0.1) is 11.7 Å². The smallest absolute Gasteiger partial charge is 0.330 e. The van der Waals surface area contributed by atoms with Crippen molar-refractivity contribution in [1.82, 2.24) is 0 Å². The Bertz CT molecular complexity index is 1260. The van der Waals surface area contributed by atoms with E-state index < -0.39 is 11.8 Å². The molecule has 0 aromatic heterocycles. The van der Waals surface area contributed by atoms with Crippen molar-refractivity contribution < 1.29 is 18.7 Å². The number of methoxy groups -OCH3 is 1. The fraction of sp³-hybridized carbons (Fsp3) is 0.290. The Morgan fingerprint density at radius 1 is 0.973 bits per heavy atom. The summed E-state index contributed by atoms with van der Waals surface area (Å²) < 4.78 is 18.3. The molecule has 0 heterocycles. The van der Waals surface area contributed by atoms with Gasteiger partial charge in [-0.25, -0.2) is 9.18 Å². The van der Waals surface area contributed by atoms with E-state index in [9.17, 15) is 14.0 Å². The van der Waals surface area contributed by atoms with E-state index in [1.54, 1.807) is 18.2 Å². The number of benzene rings is 3. The van der Waals surface area contributed by atoms with Crippen LogP contribution in [0.2, 0.25) is 5.02 Å². The first-order chi connectivity index (χ1) is 17.9. The Morgan fingerprint density at radius 2 is 1.68 bits per heavy atom. The molecule has 4 nitrogen and oxygen atoms in total. The van der Waals surface area contributed by atoms with Crippen molar-refractivity contribution in [3.8, 4) is 11.1 Å². The molecule has 0 bridgehead atoms. The standard InChI is InChI=1S/C31H31ClFNO3/c1-37-30(35)18-13-22-7-6-10-27(19-22)34(31(36)25-8-4-2-3-5-9-25)21-23-11-14-24(15-12-23)26-16-17-29(33)28(32)20-26/h6-7,10-20,25H,2-5,8-9,21H2,1H3/b18-13+. The van der Waals surface area contributed by atoms with Gasteiger partial charge in [-0.2, -0.15) is 0 Å². The van der Waals surface area contributed by atoms with Crippen LogP contribution in [0.25, 0.3) is 17.2 Å². The van der Waals surface area contributed by atoms with Gasteiger partial charge in [-0.15, -0.1) is 0 Å². The zero-order valence-electron chi connectivity index (χ0n) is 21.0. The average molecular weight is 520 g/mol. The monoisotopic (exact) mass is 519 g/mol. The second-order valence-electron chi connectivity index (χ2n) is 9.39. The number of rotatable bonds is 7. The highest BCUT2D eigenvalue weighted by molar-refractivity contribution is 6.31. The molecule has 0 spiro atoms. The minimum atomic E-state index is -0.446. The summed E-state index contributed by atoms with van der Waals surface area (Å²) in [6, 6.07) is 20.2. The molecular formula is C31H31ClFNO3. The molecule has 1 saturated carbocycles. The minimum absolute atomic E-state index is 0.00241. The molecule has 0 atom stereocenters. The van der Waals surface area contributed by atoms with Crippen molar-refractivity contribution in [2.24, 2.45) is 5.92 Å². The predicted octanol–water partition coefficient (Wildman–Crippen LogP) is 7.84. The van der Waals surface area contributed by atoms with Gasteiger partial charge in [-0.3, -0.25) is 4.79 Å². The van der Waals surface area contributed by atoms with Gasteiger partial charge in [0.2, 0.25) is 5.91 Å². The van der Waals surface area contributed by atoms with E-state index in [2.05, 4.69) is 0 Å². The Balaban J connectivity index is 1.61. The highest BCUT2D eigenvalue weighted by Gasteiger charge is 2.26. The summed E-state index contributed by atoms with van der Waals surface area (Å²) in [6.07, 6.45) is 9.35. The number of hydrogen-bond donors (Lipinski definition) is 0. The Labute approximate surface area is 222 Å². The summed E-state index contributed by atoms with van der Waals surface area (Å²) in [5.41, 5.74) is 4.33. The summed E-state index contributed by atoms with van der Waals surface area (Å²) in [7, 11) is 1.34. The van der Waals surface area contributed by atoms with Gasteiger partial charge < -0.3 is 9.64 Å². The van der Waals surface area contributed by atoms with Gasteiger partial charge in [-0.05, 0) is 65.4 Å². The molecule has 6 heteroatoms. The van der Waals surface area contributed by atoms with Crippen LogP contribution in [0.3, 0.4) is 0 Å². The van der Waals surface area contributed by atoms with Gasteiger partial charge in [-0.1, -0.05) is 79.7 Å². The Kier molecular flexibility index (Phi) is 9.13. The van der Waals surface area contributed by atoms with Crippen molar-refractivity contribution in [2.75, 3.05) is 12.0 Å². The first-order valence-corrected chi connectivity index (χ1v) is 13.0. The maximum atomic E-state index is 13.8. The second-order valence-corrected chi connectivity index (χ2v) is 9.80. The van der Waals surface area contributed by atoms with E-state index >= 15 is 0 Å². The molecule has 1 aliphatic rings. The number of esters is 1. The van der Waals surface area contributed by atoms with Crippen LogP contribution in [0.15, 0.2) is 72.8 Å². The summed E-state index contributed by atoms with van der Waals surface area (Å²) >= 11 is 5.96. The predicted molar refractivity (Wildman–Crippen MR) is 147 cm³/mol. The molecule has 1 fully saturated rings. The Hall–Kier alpha value is -3.44. The second kappa shape index (κ2) is 12.7. The number of anilines is 1. The van der Waals surface area contributed by atoms with Gasteiger partial charge >= 0.3 is 5.97 Å². The van der Waals surface area contributed by atoms with Crippen LogP contribution in [0.5, 0.6) is 0 Å². The van der Waals surface area contributed by atoms with Gasteiger partial charge in [0.1, 0.15) is 5.82 Å². The third-order valence-corrected chi connectivity index (χ3v) is 7.10. The molecule has 0 aliphatic heterocycles. The number of halogens is 2. The lowest BCUT2D eigenvalue weighted by molar-refractivity contribution is -0.134. The molecule has 192 valence electrons. The summed E-state index contributed by atoms with van der Waals surface area (Å²) in [6.45, 7) is 0.421. The number of carbonyl (C=O) groups is 2. The molecule has 1 amide bonds. The van der Waals surface area contributed by atoms with Crippen LogP contribution in [-0.4, -0.2) is 19.0 Å². The number of hydrogen-bond acceptors (Lipinski definition) is 3. The molecule has 0 saturated heterocycles. The van der Waals surface area contributed by atoms with Crippen LogP contribution in [0.4, 0.5) is 10.1 Å². The van der Waals surface area contributed by atoms with Gasteiger partial charge in [0.25, 0.3) is 0 Å². The number of nitrogens with zero attached hydrogens (tertiary/aromatic N) is 1. The van der Waals surface area contributed by atoms with Crippen molar-refractivity contribution in [3.63, 3.8) is 0 Å².